The molecule has 0 aliphatic rings. The number of benzene rings is 4. The molecule has 0 aliphatic heterocycles. The second-order valence-corrected chi connectivity index (χ2v) is 17.4. The Kier molecular flexibility index (Phi) is 19.2. The average molecular weight is 1150 g/mol. The molecule has 0 spiro atoms. The van der Waals surface area contributed by atoms with Crippen LogP contribution in [0.15, 0.2) is 210 Å². The van der Waals surface area contributed by atoms with Crippen molar-refractivity contribution < 1.29 is 46.7 Å². The summed E-state index contributed by atoms with van der Waals surface area (Å²) < 4.78 is 45.2. The SMILES string of the molecule is Brc1ccncc1.C.COc1ccc2oc(-c3ccncc3)c(Br)c2c1.COc1ccc2oc(-c3ccncc3)c(C#N)c2c1.COc1ccc2oc(-c3ccncc3)cc2c1.COc1ccc2oc(B(O)O)cc2c1. The summed E-state index contributed by atoms with van der Waals surface area (Å²) in [6.45, 7) is 0. The van der Waals surface area contributed by atoms with E-state index < -0.39 is 7.12 Å². The summed E-state index contributed by atoms with van der Waals surface area (Å²) in [7, 11) is 4.90. The molecule has 0 saturated carbocycles. The summed E-state index contributed by atoms with van der Waals surface area (Å²) in [5, 5.41) is 30.7. The predicted octanol–water partition coefficient (Wildman–Crippen LogP) is 13.7. The van der Waals surface area contributed by atoms with E-state index >= 15 is 0 Å². The van der Waals surface area contributed by atoms with Crippen LogP contribution in [0.3, 0.4) is 0 Å². The Labute approximate surface area is 454 Å². The van der Waals surface area contributed by atoms with Gasteiger partial charge >= 0.3 is 7.12 Å². The van der Waals surface area contributed by atoms with Crippen LogP contribution in [0.25, 0.3) is 77.8 Å². The van der Waals surface area contributed by atoms with Gasteiger partial charge in [-0.05, 0) is 149 Å². The quantitative estimate of drug-likeness (QED) is 0.136. The van der Waals surface area contributed by atoms with E-state index in [4.69, 9.17) is 46.7 Å². The van der Waals surface area contributed by atoms with Gasteiger partial charge in [-0.25, -0.2) is 0 Å². The largest absolute Gasteiger partial charge is 0.526 e. The lowest BCUT2D eigenvalue weighted by molar-refractivity contribution is 0.412. The third kappa shape index (κ3) is 13.5. The van der Waals surface area contributed by atoms with E-state index in [2.05, 4.69) is 57.9 Å². The average Bonchev–Trinajstić information content (AvgIpc) is 4.29. The molecule has 15 nitrogen and oxygen atoms in total. The molecule has 0 atom stereocenters. The molecule has 0 saturated heterocycles. The normalized spacial score (nSPS) is 10.2. The van der Waals surface area contributed by atoms with E-state index in [1.807, 2.05) is 103 Å². The van der Waals surface area contributed by atoms with Crippen LogP contribution in [0.4, 0.5) is 0 Å². The smallest absolute Gasteiger partial charge is 0.497 e. The highest BCUT2D eigenvalue weighted by Gasteiger charge is 2.18. The Morgan fingerprint density at radius 2 is 0.868 bits per heavy atom. The molecule has 2 N–H and O–H groups in total. The molecule has 8 aromatic heterocycles. The lowest BCUT2D eigenvalue weighted by Crippen LogP contribution is -2.27. The van der Waals surface area contributed by atoms with Crippen molar-refractivity contribution in [1.29, 1.82) is 5.26 Å². The van der Waals surface area contributed by atoms with Gasteiger partial charge in [0.2, 0.25) is 0 Å². The third-order valence-corrected chi connectivity index (χ3v) is 12.4. The summed E-state index contributed by atoms with van der Waals surface area (Å²) in [6, 6.07) is 43.0. The monoisotopic (exact) mass is 1140 g/mol. The molecule has 76 heavy (non-hydrogen) atoms. The van der Waals surface area contributed by atoms with Crippen LogP contribution < -0.4 is 24.6 Å². The molecule has 0 amide bonds. The molecular formula is C58H48BBr2N5O10. The number of aromatic nitrogens is 4. The van der Waals surface area contributed by atoms with Crippen molar-refractivity contribution in [3.05, 3.63) is 198 Å². The number of hydrogen-bond acceptors (Lipinski definition) is 15. The Morgan fingerprint density at radius 3 is 1.34 bits per heavy atom. The molecular weight excluding hydrogens is 1100 g/mol. The fraction of sp³-hybridized carbons (Fsp3) is 0.0862. The number of methoxy groups -OCH3 is 4. The molecule has 0 radical (unpaired) electrons. The van der Waals surface area contributed by atoms with E-state index in [0.717, 1.165) is 81.4 Å². The summed E-state index contributed by atoms with van der Waals surface area (Å²) in [4.78, 5) is 15.8. The Hall–Kier alpha value is -8.73. The summed E-state index contributed by atoms with van der Waals surface area (Å²) >= 11 is 6.85. The number of furan rings is 4. The highest BCUT2D eigenvalue weighted by atomic mass is 79.9. The molecule has 0 fully saturated rings. The second kappa shape index (κ2) is 26.5. The number of nitriles is 1. The van der Waals surface area contributed by atoms with E-state index in [1.165, 1.54) is 0 Å². The number of rotatable bonds is 8. The van der Waals surface area contributed by atoms with Gasteiger partial charge in [-0.15, -0.1) is 0 Å². The minimum Gasteiger partial charge on any atom is -0.497 e. The molecule has 0 bridgehead atoms. The first-order chi connectivity index (χ1) is 36.6. The standard InChI is InChI=1S/C15H10N2O2.C14H10BrNO2.C14H11NO2.C9H9BO4.C5H4BrN.CH4/c1-18-11-2-3-14-12(8-11)13(9-16)15(19-14)10-4-6-17-7-5-10;1-17-10-2-3-12-11(8-10)13(15)14(18-12)9-4-6-16-7-5-9;1-16-12-2-3-13-11(8-12)9-14(17-13)10-4-6-15-7-5-10;1-13-7-2-3-8-6(4-7)5-9(14-8)10(11)12;6-5-1-3-7-4-2-5;/h2-8H,1H3;2-8H,1H3;2-9H,1H3;2-5,11-12H,1H3;1-4H;1H4. The fourth-order valence-electron chi connectivity index (χ4n) is 7.32. The van der Waals surface area contributed by atoms with Crippen molar-refractivity contribution in [2.45, 2.75) is 7.43 Å². The van der Waals surface area contributed by atoms with Gasteiger partial charge in [0.05, 0.1) is 32.9 Å². The molecule has 382 valence electrons. The van der Waals surface area contributed by atoms with Gasteiger partial charge in [-0.2, -0.15) is 5.26 Å². The maximum atomic E-state index is 9.36. The number of halogens is 2. The Bertz CT molecular complexity index is 3810. The van der Waals surface area contributed by atoms with Crippen molar-refractivity contribution in [1.82, 2.24) is 19.9 Å². The van der Waals surface area contributed by atoms with Crippen LogP contribution in [0.1, 0.15) is 13.0 Å². The minimum absolute atomic E-state index is 0. The number of pyridine rings is 4. The van der Waals surface area contributed by atoms with E-state index in [0.29, 0.717) is 34.0 Å². The maximum Gasteiger partial charge on any atom is 0.526 e. The predicted molar refractivity (Wildman–Crippen MR) is 302 cm³/mol. The van der Waals surface area contributed by atoms with Gasteiger partial charge in [-0.3, -0.25) is 19.9 Å². The molecule has 0 aliphatic carbocycles. The first-order valence-corrected chi connectivity index (χ1v) is 24.2. The number of ether oxygens (including phenoxy) is 4. The highest BCUT2D eigenvalue weighted by Crippen LogP contribution is 2.39. The van der Waals surface area contributed by atoms with Gasteiger partial charge in [0, 0.05) is 92.3 Å². The number of nitrogens with zero attached hydrogens (tertiary/aromatic N) is 5. The van der Waals surface area contributed by atoms with Crippen LogP contribution in [-0.4, -0.2) is 65.5 Å². The Balaban J connectivity index is 0.000000141. The van der Waals surface area contributed by atoms with E-state index in [9.17, 15) is 5.26 Å². The highest BCUT2D eigenvalue weighted by molar-refractivity contribution is 9.11. The molecule has 18 heteroatoms. The first-order valence-electron chi connectivity index (χ1n) is 22.6. The van der Waals surface area contributed by atoms with Crippen LogP contribution in [0.5, 0.6) is 23.0 Å². The van der Waals surface area contributed by atoms with Gasteiger partial charge in [0.1, 0.15) is 74.1 Å². The van der Waals surface area contributed by atoms with Gasteiger partial charge in [0.25, 0.3) is 0 Å². The molecule has 4 aromatic carbocycles. The van der Waals surface area contributed by atoms with Crippen LogP contribution in [0, 0.1) is 11.3 Å². The summed E-state index contributed by atoms with van der Waals surface area (Å²) in [6.07, 6.45) is 13.8. The molecule has 0 unspecified atom stereocenters. The molecule has 12 aromatic rings. The Morgan fingerprint density at radius 1 is 0.461 bits per heavy atom. The van der Waals surface area contributed by atoms with Gasteiger partial charge in [0.15, 0.2) is 5.76 Å². The topological polar surface area (TPSA) is 205 Å². The van der Waals surface area contributed by atoms with Crippen LogP contribution in [0.2, 0.25) is 0 Å². The minimum atomic E-state index is -1.58. The summed E-state index contributed by atoms with van der Waals surface area (Å²) in [5.74, 6) is 5.26. The lowest BCUT2D eigenvalue weighted by atomic mass is 9.88. The van der Waals surface area contributed by atoms with Gasteiger partial charge in [-0.1, -0.05) is 23.4 Å². The number of fused-ring (bicyclic) bond motifs is 4. The van der Waals surface area contributed by atoms with E-state index in [-0.39, 0.29) is 13.1 Å². The zero-order valence-corrected chi connectivity index (χ0v) is 43.7. The molecule has 8 heterocycles. The second-order valence-electron chi connectivity index (χ2n) is 15.7. The summed E-state index contributed by atoms with van der Waals surface area (Å²) in [5.41, 5.74) is 6.46. The fourth-order valence-corrected chi connectivity index (χ4v) is 8.18. The first kappa shape index (κ1) is 55.0. The third-order valence-electron chi connectivity index (χ3n) is 11.1. The van der Waals surface area contributed by atoms with Crippen LogP contribution >= 0.6 is 31.9 Å². The van der Waals surface area contributed by atoms with Crippen molar-refractivity contribution in [3.8, 4) is 63.0 Å². The zero-order valence-electron chi connectivity index (χ0n) is 40.6. The van der Waals surface area contributed by atoms with Crippen molar-refractivity contribution in [3.63, 3.8) is 0 Å². The van der Waals surface area contributed by atoms with Crippen molar-refractivity contribution >= 4 is 88.5 Å². The lowest BCUT2D eigenvalue weighted by Gasteiger charge is -1.97. The van der Waals surface area contributed by atoms with Crippen molar-refractivity contribution in [2.75, 3.05) is 28.4 Å². The number of hydrogen-bond donors (Lipinski definition) is 2. The zero-order chi connectivity index (χ0) is 52.7. The van der Waals surface area contributed by atoms with Crippen molar-refractivity contribution in [2.24, 2.45) is 0 Å². The van der Waals surface area contributed by atoms with E-state index in [1.54, 1.807) is 108 Å². The van der Waals surface area contributed by atoms with Gasteiger partial charge < -0.3 is 46.7 Å². The maximum absolute atomic E-state index is 9.36. The molecule has 12 rings (SSSR count). The van der Waals surface area contributed by atoms with Crippen LogP contribution in [-0.2, 0) is 0 Å².